The Hall–Kier alpha value is -8.07. The Morgan fingerprint density at radius 2 is 1.37 bits per heavy atom. The molecule has 0 bridgehead atoms. The lowest BCUT2D eigenvalue weighted by molar-refractivity contribution is -0.192. The van der Waals surface area contributed by atoms with Gasteiger partial charge in [0.25, 0.3) is 11.8 Å². The minimum atomic E-state index is -5.08. The molecule has 0 fully saturated rings. The van der Waals surface area contributed by atoms with Gasteiger partial charge in [0.1, 0.15) is 49.0 Å². The molecule has 0 aliphatic carbocycles. The molecule has 4 rings (SSSR count). The van der Waals surface area contributed by atoms with Crippen LogP contribution in [0.1, 0.15) is 78.1 Å². The zero-order chi connectivity index (χ0) is 58.8. The van der Waals surface area contributed by atoms with E-state index < -0.39 is 132 Å². The summed E-state index contributed by atoms with van der Waals surface area (Å²) in [6, 6.07) is 7.69. The Balaban J connectivity index is 0.00000213. The number of aliphatic hydroxyl groups excluding tert-OH is 1. The van der Waals surface area contributed by atoms with Crippen LogP contribution in [0.2, 0.25) is 0 Å². The first-order chi connectivity index (χ1) is 36.3. The predicted octanol–water partition coefficient (Wildman–Crippen LogP) is 1.89. The Morgan fingerprint density at radius 1 is 0.769 bits per heavy atom. The minimum absolute atomic E-state index is 0.0406. The predicted molar refractivity (Wildman–Crippen MR) is 268 cm³/mol. The van der Waals surface area contributed by atoms with Gasteiger partial charge in [-0.2, -0.15) is 13.2 Å². The highest BCUT2D eigenvalue weighted by molar-refractivity contribution is 6.14. The van der Waals surface area contributed by atoms with Crippen molar-refractivity contribution in [2.45, 2.75) is 104 Å². The van der Waals surface area contributed by atoms with Gasteiger partial charge in [0, 0.05) is 67.8 Å². The molecule has 78 heavy (non-hydrogen) atoms. The van der Waals surface area contributed by atoms with Crippen LogP contribution in [0.5, 0.6) is 0 Å². The lowest BCUT2D eigenvalue weighted by atomic mass is 9.82. The Bertz CT molecular complexity index is 2680. The molecule has 5 unspecified atom stereocenters. The summed E-state index contributed by atoms with van der Waals surface area (Å²) in [5, 5.41) is 39.3. The number of carbonyl (C=O) groups excluding carboxylic acids is 8. The third-order valence-corrected chi connectivity index (χ3v) is 11.7. The molecule has 0 saturated heterocycles. The van der Waals surface area contributed by atoms with E-state index in [4.69, 9.17) is 20.7 Å². The first kappa shape index (κ1) is 64.2. The number of aliphatic hydroxyl groups is 1. The van der Waals surface area contributed by atoms with Crippen molar-refractivity contribution in [3.63, 3.8) is 0 Å². The number of carboxylic acid groups (broad SMARTS) is 2. The van der Waals surface area contributed by atoms with E-state index in [2.05, 4.69) is 26.6 Å². The maximum atomic E-state index is 15.3. The highest BCUT2D eigenvalue weighted by Gasteiger charge is 2.40. The van der Waals surface area contributed by atoms with E-state index in [-0.39, 0.29) is 51.0 Å². The molecule has 5 atom stereocenters. The fourth-order valence-corrected chi connectivity index (χ4v) is 7.80. The Labute approximate surface area is 444 Å². The summed E-state index contributed by atoms with van der Waals surface area (Å²) in [6.45, 7) is 8.03. The summed E-state index contributed by atoms with van der Waals surface area (Å²) >= 11 is 0. The van der Waals surface area contributed by atoms with Crippen LogP contribution in [-0.2, 0) is 54.5 Å². The van der Waals surface area contributed by atoms with Crippen LogP contribution in [0, 0.1) is 23.0 Å². The van der Waals surface area contributed by atoms with Crippen molar-refractivity contribution in [2.24, 2.45) is 17.1 Å². The number of hydrogen-bond acceptors (Lipinski definition) is 12. The van der Waals surface area contributed by atoms with Crippen LogP contribution >= 0.6 is 0 Å². The van der Waals surface area contributed by atoms with Crippen molar-refractivity contribution >= 4 is 59.2 Å². The number of carbonyl (C=O) groups is 10. The monoisotopic (exact) mass is 1110 g/mol. The average molecular weight is 1110 g/mol. The molecular formula is C51H64F5N9O13. The maximum Gasteiger partial charge on any atom is 0.490 e. The lowest BCUT2D eigenvalue weighted by Gasteiger charge is -2.41. The molecule has 426 valence electrons. The number of carboxylic acids is 2. The number of rotatable bonds is 25. The van der Waals surface area contributed by atoms with Gasteiger partial charge in [-0.3, -0.25) is 48.1 Å². The molecule has 2 heterocycles. The molecule has 0 radical (unpaired) electrons. The SMILES string of the molecule is CC(NC(=O)C(NC(=O)CN1C(=O)C=CC1=O)C(C)C)C(=O)NC(CCN(C(=O)CO)C(c1cc(-c2cc(F)ccc2F)cn1Cc1ccccc1)C(C)(C)C)C(=O)NCCNC(=O)CCC(N)C(=O)O.O=C(O)C(F)(F)F. The molecule has 1 aliphatic rings. The minimum Gasteiger partial charge on any atom is -0.480 e. The van der Waals surface area contributed by atoms with E-state index in [1.165, 1.54) is 11.8 Å². The van der Waals surface area contributed by atoms with Crippen molar-refractivity contribution < 1.29 is 85.2 Å². The van der Waals surface area contributed by atoms with Crippen LogP contribution in [0.15, 0.2) is 72.9 Å². The average Bonchev–Trinajstić information content (AvgIpc) is 3.92. The molecule has 3 aromatic rings. The van der Waals surface area contributed by atoms with Crippen molar-refractivity contribution in [2.75, 3.05) is 32.8 Å². The van der Waals surface area contributed by atoms with E-state index >= 15 is 4.39 Å². The first-order valence-corrected chi connectivity index (χ1v) is 24.2. The molecule has 27 heteroatoms. The Morgan fingerprint density at radius 3 is 1.92 bits per heavy atom. The number of halogens is 5. The summed E-state index contributed by atoms with van der Waals surface area (Å²) in [5.41, 5.74) is 6.19. The van der Waals surface area contributed by atoms with E-state index in [0.29, 0.717) is 16.2 Å². The Kier molecular flexibility index (Phi) is 23.8. The van der Waals surface area contributed by atoms with Gasteiger partial charge >= 0.3 is 18.1 Å². The number of aromatic nitrogens is 1. The molecular weight excluding hydrogens is 1040 g/mol. The number of imide groups is 1. The van der Waals surface area contributed by atoms with Gasteiger partial charge in [-0.1, -0.05) is 65.0 Å². The number of amides is 8. The van der Waals surface area contributed by atoms with Crippen LogP contribution < -0.4 is 32.3 Å². The number of aliphatic carboxylic acids is 2. The standard InChI is InChI=1S/C49H63F2N9O11.C2HF3O2/c1-28(2)43(57-39(63)26-60-40(64)16-17-41(60)65)47(69)55-29(3)45(67)56-36(46(68)54-20-19-53-38(62)15-14-35(52)48(70)71)18-21-59(42(66)27-61)44(49(4,5)6)37-22-31(33-23-32(50)12-13-34(33)51)25-58(37)24-30-10-8-7-9-11-30;3-2(4,5)1(6)7/h7-13,16-17,22-23,25,28-29,35-36,43-44,61H,14-15,18-21,24,26-27,52H2,1-6H3,(H,53,62)(H,54,68)(H,55,69)(H,56,67)(H,57,63)(H,70,71);(H,6,7). The third kappa shape index (κ3) is 19.5. The molecule has 22 nitrogen and oxygen atoms in total. The number of nitrogens with zero attached hydrogens (tertiary/aromatic N) is 3. The number of benzene rings is 2. The highest BCUT2D eigenvalue weighted by atomic mass is 19.4. The zero-order valence-corrected chi connectivity index (χ0v) is 43.5. The summed E-state index contributed by atoms with van der Waals surface area (Å²) in [4.78, 5) is 127. The fraction of sp³-hybridized carbons (Fsp3) is 0.451. The van der Waals surface area contributed by atoms with Gasteiger partial charge in [-0.05, 0) is 60.9 Å². The third-order valence-electron chi connectivity index (χ3n) is 11.7. The second-order valence-corrected chi connectivity index (χ2v) is 19.3. The molecule has 8 amide bonds. The zero-order valence-electron chi connectivity index (χ0n) is 43.5. The topological polar surface area (TPSA) is 329 Å². The summed E-state index contributed by atoms with van der Waals surface area (Å²) < 4.78 is 63.4. The normalized spacial score (nSPS) is 14.3. The van der Waals surface area contributed by atoms with E-state index in [9.17, 15) is 65.8 Å². The second kappa shape index (κ2) is 28.9. The van der Waals surface area contributed by atoms with Crippen LogP contribution in [-0.4, -0.2) is 152 Å². The van der Waals surface area contributed by atoms with Gasteiger partial charge in [0.05, 0.1) is 6.04 Å². The largest absolute Gasteiger partial charge is 0.490 e. The van der Waals surface area contributed by atoms with Gasteiger partial charge in [0.15, 0.2) is 0 Å². The highest BCUT2D eigenvalue weighted by Crippen LogP contribution is 2.41. The van der Waals surface area contributed by atoms with E-state index in [1.807, 2.05) is 51.1 Å². The molecule has 1 aliphatic heterocycles. The lowest BCUT2D eigenvalue weighted by Crippen LogP contribution is -2.58. The molecule has 0 saturated carbocycles. The fourth-order valence-electron chi connectivity index (χ4n) is 7.80. The van der Waals surface area contributed by atoms with Gasteiger partial charge < -0.3 is 57.1 Å². The van der Waals surface area contributed by atoms with Crippen molar-refractivity contribution in [1.82, 2.24) is 41.0 Å². The quantitative estimate of drug-likeness (QED) is 0.0333. The van der Waals surface area contributed by atoms with E-state index in [1.54, 1.807) is 30.7 Å². The van der Waals surface area contributed by atoms with Crippen LogP contribution in [0.4, 0.5) is 22.0 Å². The number of hydrogen-bond donors (Lipinski definition) is 9. The van der Waals surface area contributed by atoms with E-state index in [0.717, 1.165) is 35.9 Å². The summed E-state index contributed by atoms with van der Waals surface area (Å²) in [5.74, 6) is -12.0. The first-order valence-electron chi connectivity index (χ1n) is 24.2. The van der Waals surface area contributed by atoms with Crippen molar-refractivity contribution in [3.8, 4) is 11.1 Å². The molecule has 1 aromatic heterocycles. The van der Waals surface area contributed by atoms with Crippen molar-refractivity contribution in [1.29, 1.82) is 0 Å². The summed E-state index contributed by atoms with van der Waals surface area (Å²) in [7, 11) is 0. The number of alkyl halides is 3. The summed E-state index contributed by atoms with van der Waals surface area (Å²) in [6.07, 6.45) is -2.09. The number of nitrogens with one attached hydrogen (secondary N) is 5. The molecule has 0 spiro atoms. The van der Waals surface area contributed by atoms with Crippen LogP contribution in [0.3, 0.4) is 0 Å². The second-order valence-electron chi connectivity index (χ2n) is 19.3. The van der Waals surface area contributed by atoms with Crippen molar-refractivity contribution in [3.05, 3.63) is 95.8 Å². The van der Waals surface area contributed by atoms with Crippen LogP contribution in [0.25, 0.3) is 11.1 Å². The number of nitrogens with two attached hydrogens (primary N) is 1. The van der Waals surface area contributed by atoms with Gasteiger partial charge in [0.2, 0.25) is 35.4 Å². The molecule has 2 aromatic carbocycles. The smallest absolute Gasteiger partial charge is 0.480 e. The van der Waals surface area contributed by atoms with Gasteiger partial charge in [-0.25, -0.2) is 13.6 Å². The maximum absolute atomic E-state index is 15.3. The molecule has 10 N–H and O–H groups in total. The van der Waals surface area contributed by atoms with Gasteiger partial charge in [-0.15, -0.1) is 0 Å².